The third-order valence-corrected chi connectivity index (χ3v) is 1.97. The van der Waals surface area contributed by atoms with Gasteiger partial charge >= 0.3 is 0 Å². The Morgan fingerprint density at radius 3 is 2.75 bits per heavy atom. The van der Waals surface area contributed by atoms with E-state index >= 15 is 0 Å². The molecular formula is C8H16N2O2. The quantitative estimate of drug-likeness (QED) is 0.619. The van der Waals surface area contributed by atoms with Crippen molar-refractivity contribution in [2.75, 3.05) is 33.9 Å². The van der Waals surface area contributed by atoms with Crippen molar-refractivity contribution >= 4 is 5.91 Å². The van der Waals surface area contributed by atoms with E-state index in [1.807, 2.05) is 0 Å². The Bertz CT molecular complexity index is 155. The van der Waals surface area contributed by atoms with Gasteiger partial charge in [0.25, 0.3) is 0 Å². The molecule has 0 spiro atoms. The molecule has 0 aromatic rings. The third kappa shape index (κ3) is 2.79. The van der Waals surface area contributed by atoms with E-state index in [0.29, 0.717) is 12.6 Å². The predicted octanol–water partition coefficient (Wildman–Crippen LogP) is -0.547. The average molecular weight is 172 g/mol. The average Bonchev–Trinajstić information content (AvgIpc) is 1.93. The van der Waals surface area contributed by atoms with Gasteiger partial charge in [-0.2, -0.15) is 0 Å². The van der Waals surface area contributed by atoms with Gasteiger partial charge in [0, 0.05) is 20.1 Å². The zero-order valence-corrected chi connectivity index (χ0v) is 7.67. The molecule has 1 atom stereocenters. The number of likely N-dealkylation sites (N-methyl/N-ethyl adjacent to an activating group) is 1. The van der Waals surface area contributed by atoms with E-state index in [1.165, 1.54) is 4.90 Å². The summed E-state index contributed by atoms with van der Waals surface area (Å²) in [5.41, 5.74) is 0. The number of hydrogen-bond acceptors (Lipinski definition) is 3. The van der Waals surface area contributed by atoms with Gasteiger partial charge in [0.2, 0.25) is 5.91 Å². The summed E-state index contributed by atoms with van der Waals surface area (Å²) in [6.45, 7) is 1.93. The molecule has 1 N–H and O–H groups in total. The highest BCUT2D eigenvalue weighted by molar-refractivity contribution is 5.76. The smallest absolute Gasteiger partial charge is 0.248 e. The van der Waals surface area contributed by atoms with Crippen LogP contribution >= 0.6 is 0 Å². The number of nitrogens with zero attached hydrogens (tertiary/aromatic N) is 1. The highest BCUT2D eigenvalue weighted by Crippen LogP contribution is 2.01. The molecule has 0 aliphatic carbocycles. The zero-order chi connectivity index (χ0) is 8.97. The minimum absolute atomic E-state index is 0.0225. The summed E-state index contributed by atoms with van der Waals surface area (Å²) in [4.78, 5) is 12.5. The first-order valence-electron chi connectivity index (χ1n) is 4.21. The fourth-order valence-corrected chi connectivity index (χ4v) is 0.908. The van der Waals surface area contributed by atoms with Crippen LogP contribution in [0, 0.1) is 0 Å². The standard InChI is InChI=1S/C8H16N2O2/c1-10(2)8(11)6-12-5-7-3-4-9-7/h7,9H,3-6H2,1-2H3. The van der Waals surface area contributed by atoms with Gasteiger partial charge in [-0.3, -0.25) is 4.79 Å². The van der Waals surface area contributed by atoms with E-state index in [-0.39, 0.29) is 12.5 Å². The topological polar surface area (TPSA) is 41.6 Å². The second kappa shape index (κ2) is 4.42. The van der Waals surface area contributed by atoms with E-state index in [2.05, 4.69) is 5.32 Å². The van der Waals surface area contributed by atoms with E-state index < -0.39 is 0 Å². The normalized spacial score (nSPS) is 21.7. The van der Waals surface area contributed by atoms with Crippen molar-refractivity contribution in [3.8, 4) is 0 Å². The van der Waals surface area contributed by atoms with Crippen LogP contribution in [0.15, 0.2) is 0 Å². The summed E-state index contributed by atoms with van der Waals surface area (Å²) in [5, 5.41) is 3.20. The lowest BCUT2D eigenvalue weighted by Crippen LogP contribution is -2.46. The molecule has 4 nitrogen and oxygen atoms in total. The van der Waals surface area contributed by atoms with Crippen LogP contribution in [0.4, 0.5) is 0 Å². The Morgan fingerprint density at radius 2 is 2.33 bits per heavy atom. The molecule has 1 fully saturated rings. The van der Waals surface area contributed by atoms with Crippen molar-refractivity contribution in [3.05, 3.63) is 0 Å². The van der Waals surface area contributed by atoms with Gasteiger partial charge in [0.1, 0.15) is 6.61 Å². The summed E-state index contributed by atoms with van der Waals surface area (Å²) >= 11 is 0. The minimum atomic E-state index is 0.0225. The molecule has 0 radical (unpaired) electrons. The Balaban J connectivity index is 1.97. The molecule has 1 unspecified atom stereocenters. The van der Waals surface area contributed by atoms with Gasteiger partial charge in [-0.15, -0.1) is 0 Å². The summed E-state index contributed by atoms with van der Waals surface area (Å²) in [7, 11) is 3.46. The Labute approximate surface area is 72.9 Å². The van der Waals surface area contributed by atoms with E-state index in [0.717, 1.165) is 13.0 Å². The number of carbonyl (C=O) groups excluding carboxylic acids is 1. The van der Waals surface area contributed by atoms with Gasteiger partial charge in [-0.1, -0.05) is 0 Å². The lowest BCUT2D eigenvalue weighted by molar-refractivity contribution is -0.133. The number of rotatable bonds is 4. The second-order valence-electron chi connectivity index (χ2n) is 3.24. The predicted molar refractivity (Wildman–Crippen MR) is 45.9 cm³/mol. The van der Waals surface area contributed by atoms with Crippen LogP contribution < -0.4 is 5.32 Å². The highest BCUT2D eigenvalue weighted by Gasteiger charge is 2.16. The van der Waals surface area contributed by atoms with Gasteiger partial charge in [-0.25, -0.2) is 0 Å². The molecule has 70 valence electrons. The molecule has 1 aliphatic rings. The lowest BCUT2D eigenvalue weighted by atomic mass is 10.1. The Morgan fingerprint density at radius 1 is 1.67 bits per heavy atom. The summed E-state index contributed by atoms with van der Waals surface area (Å²) in [5.74, 6) is 0.0225. The second-order valence-corrected chi connectivity index (χ2v) is 3.24. The van der Waals surface area contributed by atoms with Crippen molar-refractivity contribution in [2.24, 2.45) is 0 Å². The third-order valence-electron chi connectivity index (χ3n) is 1.97. The van der Waals surface area contributed by atoms with E-state index in [9.17, 15) is 4.79 Å². The zero-order valence-electron chi connectivity index (χ0n) is 7.67. The maximum atomic E-state index is 11.0. The van der Waals surface area contributed by atoms with Gasteiger partial charge in [-0.05, 0) is 13.0 Å². The summed E-state index contributed by atoms with van der Waals surface area (Å²) in [6.07, 6.45) is 1.16. The largest absolute Gasteiger partial charge is 0.370 e. The first-order valence-corrected chi connectivity index (χ1v) is 4.21. The molecule has 12 heavy (non-hydrogen) atoms. The molecule has 0 aromatic carbocycles. The first kappa shape index (κ1) is 9.48. The van der Waals surface area contributed by atoms with E-state index in [4.69, 9.17) is 4.74 Å². The molecule has 1 heterocycles. The van der Waals surface area contributed by atoms with Crippen LogP contribution in [-0.4, -0.2) is 50.7 Å². The van der Waals surface area contributed by atoms with Gasteiger partial charge in [0.15, 0.2) is 0 Å². The van der Waals surface area contributed by atoms with Crippen molar-refractivity contribution in [1.82, 2.24) is 10.2 Å². The maximum Gasteiger partial charge on any atom is 0.248 e. The number of ether oxygens (including phenoxy) is 1. The molecule has 1 amide bonds. The molecule has 1 aliphatic heterocycles. The van der Waals surface area contributed by atoms with Crippen LogP contribution in [0.3, 0.4) is 0 Å². The monoisotopic (exact) mass is 172 g/mol. The minimum Gasteiger partial charge on any atom is -0.370 e. The molecule has 0 bridgehead atoms. The van der Waals surface area contributed by atoms with Crippen LogP contribution in [0.25, 0.3) is 0 Å². The fraction of sp³-hybridized carbons (Fsp3) is 0.875. The summed E-state index contributed by atoms with van der Waals surface area (Å²) < 4.78 is 5.21. The van der Waals surface area contributed by atoms with Crippen molar-refractivity contribution in [2.45, 2.75) is 12.5 Å². The molecule has 0 aromatic heterocycles. The highest BCUT2D eigenvalue weighted by atomic mass is 16.5. The van der Waals surface area contributed by atoms with Crippen LogP contribution in [-0.2, 0) is 9.53 Å². The molecule has 4 heteroatoms. The molecule has 1 saturated heterocycles. The molecule has 0 saturated carbocycles. The van der Waals surface area contributed by atoms with Crippen LogP contribution in [0.2, 0.25) is 0 Å². The van der Waals surface area contributed by atoms with Crippen molar-refractivity contribution in [3.63, 3.8) is 0 Å². The van der Waals surface area contributed by atoms with Crippen molar-refractivity contribution in [1.29, 1.82) is 0 Å². The fourth-order valence-electron chi connectivity index (χ4n) is 0.908. The number of amides is 1. The number of carbonyl (C=O) groups is 1. The lowest BCUT2D eigenvalue weighted by Gasteiger charge is -2.27. The first-order chi connectivity index (χ1) is 5.70. The molecule has 1 rings (SSSR count). The number of nitrogens with one attached hydrogen (secondary N) is 1. The Hall–Kier alpha value is -0.610. The maximum absolute atomic E-state index is 11.0. The van der Waals surface area contributed by atoms with Crippen molar-refractivity contribution < 1.29 is 9.53 Å². The van der Waals surface area contributed by atoms with Crippen LogP contribution in [0.5, 0.6) is 0 Å². The van der Waals surface area contributed by atoms with E-state index in [1.54, 1.807) is 14.1 Å². The number of hydrogen-bond donors (Lipinski definition) is 1. The molecular weight excluding hydrogens is 156 g/mol. The summed E-state index contributed by atoms with van der Waals surface area (Å²) in [6, 6.07) is 0.472. The SMILES string of the molecule is CN(C)C(=O)COCC1CCN1. The Kier molecular flexibility index (Phi) is 3.49. The van der Waals surface area contributed by atoms with Crippen LogP contribution in [0.1, 0.15) is 6.42 Å². The van der Waals surface area contributed by atoms with Gasteiger partial charge < -0.3 is 15.0 Å². The van der Waals surface area contributed by atoms with Gasteiger partial charge in [0.05, 0.1) is 6.61 Å².